The van der Waals surface area contributed by atoms with Gasteiger partial charge in [-0.3, -0.25) is 28.8 Å². The summed E-state index contributed by atoms with van der Waals surface area (Å²) < 4.78 is 215. The van der Waals surface area contributed by atoms with Crippen molar-refractivity contribution < 1.29 is 94.6 Å². The van der Waals surface area contributed by atoms with E-state index in [1.807, 2.05) is 6.92 Å². The van der Waals surface area contributed by atoms with Crippen LogP contribution in [-0.4, -0.2) is 88.8 Å². The third-order valence-corrected chi connectivity index (χ3v) is 20.0. The zero-order chi connectivity index (χ0) is 77.0. The fourth-order valence-corrected chi connectivity index (χ4v) is 14.4. The summed E-state index contributed by atoms with van der Waals surface area (Å²) in [4.78, 5) is 92.5. The number of imidazole rings is 1. The lowest BCUT2D eigenvalue weighted by molar-refractivity contribution is -0.163. The first-order valence-electron chi connectivity index (χ1n) is 32.0. The first-order valence-corrected chi connectivity index (χ1v) is 33.6. The number of benzene rings is 6. The van der Waals surface area contributed by atoms with Gasteiger partial charge in [-0.1, -0.05) is 6.58 Å². The fourth-order valence-electron chi connectivity index (χ4n) is 12.4. The number of carbonyl (C=O) groups is 6. The van der Waals surface area contributed by atoms with Crippen molar-refractivity contribution in [2.24, 2.45) is 5.73 Å². The van der Waals surface area contributed by atoms with Gasteiger partial charge in [0.15, 0.2) is 0 Å². The molecule has 9 aromatic rings. The number of amides is 6. The lowest BCUT2D eigenvalue weighted by Gasteiger charge is -2.36. The Morgan fingerprint density at radius 2 is 0.953 bits per heavy atom. The molecule has 6 amide bonds. The molecule has 3 aromatic heterocycles. The van der Waals surface area contributed by atoms with Gasteiger partial charge in [0.2, 0.25) is 5.82 Å². The number of rotatable bonds is 13. The average molecular weight is 1520 g/mol. The van der Waals surface area contributed by atoms with Crippen LogP contribution in [0.1, 0.15) is 126 Å². The first kappa shape index (κ1) is 76.2. The monoisotopic (exact) mass is 1520 g/mol. The molecular formula is C72H58F15N11O6S2. The molecule has 106 heavy (non-hydrogen) atoms. The van der Waals surface area contributed by atoms with E-state index in [9.17, 15) is 68.3 Å². The number of aryl methyl sites for hydroxylation is 4. The average Bonchev–Trinajstić information content (AvgIpc) is 1.56. The minimum absolute atomic E-state index is 0.0344. The molecule has 0 saturated carbocycles. The zero-order valence-electron chi connectivity index (χ0n) is 55.8. The highest BCUT2D eigenvalue weighted by atomic mass is 32.1. The van der Waals surface area contributed by atoms with Crippen LogP contribution in [0.2, 0.25) is 0 Å². The van der Waals surface area contributed by atoms with Crippen LogP contribution in [0.25, 0.3) is 5.70 Å². The highest BCUT2D eigenvalue weighted by molar-refractivity contribution is 7.12. The highest BCUT2D eigenvalue weighted by Gasteiger charge is 2.55. The molecule has 1 fully saturated rings. The van der Waals surface area contributed by atoms with Crippen LogP contribution in [0.15, 0.2) is 122 Å². The van der Waals surface area contributed by atoms with E-state index in [1.165, 1.54) is 73.4 Å². The van der Waals surface area contributed by atoms with Crippen LogP contribution in [-0.2, 0) is 70.8 Å². The molecule has 6 aromatic carbocycles. The minimum Gasteiger partial charge on any atom is -0.397 e. The van der Waals surface area contributed by atoms with Crippen molar-refractivity contribution >= 4 is 80.9 Å². The van der Waals surface area contributed by atoms with E-state index in [2.05, 4.69) is 37.5 Å². The molecule has 2 atom stereocenters. The maximum absolute atomic E-state index is 15.5. The van der Waals surface area contributed by atoms with Crippen LogP contribution in [0.5, 0.6) is 0 Å². The lowest BCUT2D eigenvalue weighted by Crippen LogP contribution is -2.48. The molecular weight excluding hydrogens is 1460 g/mol. The summed E-state index contributed by atoms with van der Waals surface area (Å²) in [7, 11) is 0. The zero-order valence-corrected chi connectivity index (χ0v) is 57.5. The summed E-state index contributed by atoms with van der Waals surface area (Å²) in [6.07, 6.45) is -2.18. The molecule has 5 N–H and O–H groups in total. The van der Waals surface area contributed by atoms with Gasteiger partial charge in [-0.2, -0.15) is 39.5 Å². The van der Waals surface area contributed by atoms with Gasteiger partial charge in [0.1, 0.15) is 39.9 Å². The Morgan fingerprint density at radius 1 is 0.519 bits per heavy atom. The largest absolute Gasteiger partial charge is 0.449 e. The third-order valence-electron chi connectivity index (χ3n) is 17.8. The smallest absolute Gasteiger partial charge is 0.397 e. The Morgan fingerprint density at radius 3 is 1.39 bits per heavy atom. The van der Waals surface area contributed by atoms with Crippen molar-refractivity contribution in [3.8, 4) is 0 Å². The van der Waals surface area contributed by atoms with Crippen molar-refractivity contribution in [3.63, 3.8) is 0 Å². The Bertz CT molecular complexity index is 5040. The first-order chi connectivity index (χ1) is 49.8. The van der Waals surface area contributed by atoms with Gasteiger partial charge >= 0.3 is 23.9 Å². The molecule has 2 unspecified atom stereocenters. The molecule has 7 heterocycles. The number of nitrogens with two attached hydrogens (primary N) is 1. The summed E-state index contributed by atoms with van der Waals surface area (Å²) in [6.45, 7) is 8.21. The van der Waals surface area contributed by atoms with Gasteiger partial charge in [0.25, 0.3) is 35.4 Å². The van der Waals surface area contributed by atoms with Crippen molar-refractivity contribution in [1.82, 2.24) is 34.2 Å². The topological polar surface area (TPSA) is 218 Å². The predicted molar refractivity (Wildman–Crippen MR) is 358 cm³/mol. The molecule has 0 radical (unpaired) electrons. The number of carbonyl (C=O) groups excluding carboxylic acids is 6. The number of halogens is 15. The van der Waals surface area contributed by atoms with Crippen molar-refractivity contribution in [2.45, 2.75) is 109 Å². The number of alkyl halides is 9. The van der Waals surface area contributed by atoms with Crippen LogP contribution < -0.4 is 21.7 Å². The number of fused-ring (bicyclic) bond motifs is 6. The molecule has 0 spiro atoms. The van der Waals surface area contributed by atoms with E-state index in [4.69, 9.17) is 5.73 Å². The second kappa shape index (κ2) is 29.6. The van der Waals surface area contributed by atoms with E-state index in [1.54, 1.807) is 0 Å². The van der Waals surface area contributed by atoms with E-state index in [0.29, 0.717) is 70.1 Å². The molecule has 2 bridgehead atoms. The van der Waals surface area contributed by atoms with E-state index < -0.39 is 154 Å². The molecule has 554 valence electrons. The van der Waals surface area contributed by atoms with Crippen molar-refractivity contribution in [1.29, 1.82) is 0 Å². The van der Waals surface area contributed by atoms with Crippen LogP contribution in [0.4, 0.5) is 82.9 Å². The van der Waals surface area contributed by atoms with Crippen LogP contribution in [0, 0.1) is 62.6 Å². The van der Waals surface area contributed by atoms with Crippen molar-refractivity contribution in [3.05, 3.63) is 250 Å². The SMILES string of the molecule is C=C(N)c1nc2c(s1)CN(C(=O)C(F)(F)c1cc(C(=O)Nc3ccc(F)c(C)c3)ccc1F)CC2.Cc1cc(NC(=O)c2ccc(F)c(C(F)(F)C(=O)N3CCn4c(cnc4C(F)(F)F)C3)c2)ccc1F.Cc1nc2c(s1)C1CCC(C2)N1C(=O)C(F)(F)c1cc(C(=O)Nc2ccc(F)c(C)c2)ccc1F. The van der Waals surface area contributed by atoms with Gasteiger partial charge in [0.05, 0.1) is 74.7 Å². The third kappa shape index (κ3) is 15.6. The quantitative estimate of drug-likeness (QED) is 0.0801. The summed E-state index contributed by atoms with van der Waals surface area (Å²) in [5.41, 5.74) is 4.02. The van der Waals surface area contributed by atoms with Crippen LogP contribution in [0.3, 0.4) is 0 Å². The number of nitrogens with one attached hydrogen (secondary N) is 3. The Hall–Kier alpha value is -10.9. The van der Waals surface area contributed by atoms with Gasteiger partial charge < -0.3 is 41.0 Å². The maximum atomic E-state index is 15.5. The Balaban J connectivity index is 0.000000159. The lowest BCUT2D eigenvalue weighted by atomic mass is 9.99. The number of hydrogen-bond donors (Lipinski definition) is 4. The number of hydrogen-bond acceptors (Lipinski definition) is 12. The van der Waals surface area contributed by atoms with Gasteiger partial charge in [-0.05, 0) is 166 Å². The summed E-state index contributed by atoms with van der Waals surface area (Å²) >= 11 is 2.55. The summed E-state index contributed by atoms with van der Waals surface area (Å²) in [6, 6.07) is 17.3. The van der Waals surface area contributed by atoms with Gasteiger partial charge in [-0.25, -0.2) is 41.3 Å². The summed E-state index contributed by atoms with van der Waals surface area (Å²) in [5.74, 6) is -27.0. The second-order valence-corrected chi connectivity index (χ2v) is 27.4. The second-order valence-electron chi connectivity index (χ2n) is 25.1. The van der Waals surface area contributed by atoms with Crippen LogP contribution >= 0.6 is 22.7 Å². The Kier molecular flexibility index (Phi) is 21.3. The fraction of sp³-hybridized carbons (Fsp3) is 0.264. The molecule has 4 aliphatic heterocycles. The summed E-state index contributed by atoms with van der Waals surface area (Å²) in [5, 5.41) is 8.57. The minimum atomic E-state index is -4.76. The Labute approximate surface area is 600 Å². The van der Waals surface area contributed by atoms with Crippen molar-refractivity contribution in [2.75, 3.05) is 29.0 Å². The molecule has 34 heteroatoms. The number of anilines is 3. The molecule has 17 nitrogen and oxygen atoms in total. The van der Waals surface area contributed by atoms with E-state index in [-0.39, 0.29) is 75.8 Å². The highest BCUT2D eigenvalue weighted by Crippen LogP contribution is 2.49. The van der Waals surface area contributed by atoms with Gasteiger partial charge in [0, 0.05) is 77.1 Å². The number of aromatic nitrogens is 4. The molecule has 13 rings (SSSR count). The normalized spacial score (nSPS) is 15.4. The van der Waals surface area contributed by atoms with Gasteiger partial charge in [-0.15, -0.1) is 22.7 Å². The molecule has 1 saturated heterocycles. The maximum Gasteiger partial charge on any atom is 0.449 e. The molecule has 4 aliphatic rings. The number of thiazole rings is 2. The predicted octanol–water partition coefficient (Wildman–Crippen LogP) is 15.1. The molecule has 0 aliphatic carbocycles. The van der Waals surface area contributed by atoms with E-state index in [0.717, 1.165) is 85.0 Å². The standard InChI is InChI=1S/C25H21F4N3O2S.C24H20F4N4O2S.C23H17F7N4O2/c1-12-9-15(4-7-18(12)26)31-23(33)14-3-6-19(27)17(10-14)25(28,29)24(34)32-16-5-8-21(32)22-20(11-16)30-13(2)35-22;1-12-9-15(4-6-17(12)25)30-21(33)14-3-5-18(26)16(10-14)24(27,28)23(34)32-8-7-19-20(11-32)35-22(31-19)13(2)29;1-12-8-14(3-5-17(12)24)32-19(35)13-2-4-18(25)16(9-13)22(26,27)21(36)33-6-7-34-15(11-33)10-31-20(34)23(28,29)30/h3-4,6-7,9-10,16,21H,5,8,11H2,1-2H3,(H,31,33);3-6,9-10H,2,7-8,11,29H2,1H3,(H,30,33);2-5,8-10H,6-7,11H2,1H3,(H,32,35). The van der Waals surface area contributed by atoms with E-state index >= 15 is 26.3 Å². The number of nitrogens with zero attached hydrogens (tertiary/aromatic N) is 7.